The van der Waals surface area contributed by atoms with E-state index in [1.165, 1.54) is 16.2 Å². The third-order valence-corrected chi connectivity index (χ3v) is 7.68. The van der Waals surface area contributed by atoms with Crippen LogP contribution in [-0.2, 0) is 24.1 Å². The zero-order valence-corrected chi connectivity index (χ0v) is 19.6. The summed E-state index contributed by atoms with van der Waals surface area (Å²) in [6.07, 6.45) is 3.95. The van der Waals surface area contributed by atoms with Crippen LogP contribution in [0.25, 0.3) is 0 Å². The van der Waals surface area contributed by atoms with E-state index in [0.29, 0.717) is 46.1 Å². The maximum atomic E-state index is 13.6. The molecule has 0 saturated heterocycles. The van der Waals surface area contributed by atoms with Gasteiger partial charge in [-0.2, -0.15) is 0 Å². The number of anilines is 2. The normalized spacial score (nSPS) is 17.0. The van der Waals surface area contributed by atoms with Gasteiger partial charge in [-0.1, -0.05) is 36.8 Å². The molecule has 0 bridgehead atoms. The molecular weight excluding hydrogens is 432 g/mol. The van der Waals surface area contributed by atoms with E-state index in [9.17, 15) is 14.4 Å². The Morgan fingerprint density at radius 3 is 2.73 bits per heavy atom. The first kappa shape index (κ1) is 21.6. The van der Waals surface area contributed by atoms with Crippen molar-refractivity contribution in [3.63, 3.8) is 0 Å². The first-order valence-corrected chi connectivity index (χ1v) is 12.2. The summed E-state index contributed by atoms with van der Waals surface area (Å²) in [4.78, 5) is 39.7. The second-order valence-corrected chi connectivity index (χ2v) is 10.2. The lowest BCUT2D eigenvalue weighted by molar-refractivity contribution is -0.116. The molecule has 1 atom stereocenters. The Balaban J connectivity index is 1.50. The number of aryl methyl sites for hydroxylation is 2. The van der Waals surface area contributed by atoms with Gasteiger partial charge in [0.2, 0.25) is 5.91 Å². The summed E-state index contributed by atoms with van der Waals surface area (Å²) in [5.74, 6) is 0.207. The van der Waals surface area contributed by atoms with Gasteiger partial charge in [-0.15, -0.1) is 11.3 Å². The van der Waals surface area contributed by atoms with Crippen molar-refractivity contribution in [1.29, 1.82) is 0 Å². The molecule has 1 aromatic heterocycles. The van der Waals surface area contributed by atoms with Gasteiger partial charge in [-0.05, 0) is 67.9 Å². The lowest BCUT2D eigenvalue weighted by Crippen LogP contribution is -2.20. The average molecular weight is 459 g/mol. The number of hydrogen-bond donors (Lipinski definition) is 2. The molecule has 33 heavy (non-hydrogen) atoms. The molecule has 0 radical (unpaired) electrons. The van der Waals surface area contributed by atoms with Gasteiger partial charge in [-0.25, -0.2) is 0 Å². The molecule has 2 heterocycles. The van der Waals surface area contributed by atoms with E-state index < -0.39 is 0 Å². The van der Waals surface area contributed by atoms with Gasteiger partial charge in [0.05, 0.1) is 5.56 Å². The molecule has 2 aromatic carbocycles. The van der Waals surface area contributed by atoms with Crippen molar-refractivity contribution in [1.82, 2.24) is 0 Å². The van der Waals surface area contributed by atoms with E-state index in [1.54, 1.807) is 12.1 Å². The van der Waals surface area contributed by atoms with Crippen molar-refractivity contribution in [2.75, 3.05) is 10.6 Å². The minimum atomic E-state index is -0.275. The summed E-state index contributed by atoms with van der Waals surface area (Å²) >= 11 is 1.52. The molecule has 0 saturated carbocycles. The minimum Gasteiger partial charge on any atom is -0.326 e. The van der Waals surface area contributed by atoms with Gasteiger partial charge >= 0.3 is 0 Å². The van der Waals surface area contributed by atoms with E-state index in [-0.39, 0.29) is 17.6 Å². The molecular formula is C27H26N2O3S. The monoisotopic (exact) mass is 458 g/mol. The van der Waals surface area contributed by atoms with Gasteiger partial charge in [0.25, 0.3) is 5.91 Å². The van der Waals surface area contributed by atoms with Crippen molar-refractivity contribution in [2.24, 2.45) is 5.92 Å². The largest absolute Gasteiger partial charge is 0.326 e. The number of benzene rings is 2. The Morgan fingerprint density at radius 1 is 1.06 bits per heavy atom. The molecule has 0 fully saturated rings. The van der Waals surface area contributed by atoms with Crippen molar-refractivity contribution in [3.8, 4) is 0 Å². The number of carbonyl (C=O) groups is 3. The van der Waals surface area contributed by atoms with Crippen LogP contribution in [0, 0.1) is 12.8 Å². The molecule has 5 nitrogen and oxygen atoms in total. The summed E-state index contributed by atoms with van der Waals surface area (Å²) in [5, 5.41) is 6.50. The summed E-state index contributed by atoms with van der Waals surface area (Å²) in [7, 11) is 0. The Kier molecular flexibility index (Phi) is 5.62. The third kappa shape index (κ3) is 4.23. The van der Waals surface area contributed by atoms with Gasteiger partial charge in [0.1, 0.15) is 5.00 Å². The van der Waals surface area contributed by atoms with Crippen LogP contribution < -0.4 is 10.6 Å². The van der Waals surface area contributed by atoms with Crippen LogP contribution in [0.3, 0.4) is 0 Å². The number of fused-ring (bicyclic) bond motifs is 2. The molecule has 1 unspecified atom stereocenters. The number of thiophene rings is 1. The first-order chi connectivity index (χ1) is 15.9. The number of hydrogen-bond acceptors (Lipinski definition) is 4. The zero-order valence-electron chi connectivity index (χ0n) is 18.8. The zero-order chi connectivity index (χ0) is 23.1. The number of rotatable bonds is 4. The SMILES string of the molecule is Cc1cccc(C(=O)c2c(NC(=O)c3ccc4c(c3)NC(=O)CC4)sc3c2CCC(C)C3)c1. The molecule has 1 aliphatic heterocycles. The second kappa shape index (κ2) is 8.60. The Bertz CT molecular complexity index is 1290. The van der Waals surface area contributed by atoms with Gasteiger partial charge in [0, 0.05) is 28.1 Å². The van der Waals surface area contributed by atoms with Gasteiger partial charge < -0.3 is 10.6 Å². The topological polar surface area (TPSA) is 75.3 Å². The number of ketones is 1. The molecule has 5 rings (SSSR count). The molecule has 2 aliphatic rings. The summed E-state index contributed by atoms with van der Waals surface area (Å²) in [6, 6.07) is 13.0. The standard InChI is InChI=1S/C27H26N2O3S/c1-15-4-3-5-18(12-15)25(31)24-20-10-6-16(2)13-22(20)33-27(24)29-26(32)19-8-7-17-9-11-23(30)28-21(17)14-19/h3-5,7-8,12,14,16H,6,9-11,13H2,1-2H3,(H,28,30)(H,29,32). The van der Waals surface area contributed by atoms with Crippen molar-refractivity contribution < 1.29 is 14.4 Å². The lowest BCUT2D eigenvalue weighted by Gasteiger charge is -2.18. The summed E-state index contributed by atoms with van der Waals surface area (Å²) in [5.41, 5.74) is 5.56. The van der Waals surface area contributed by atoms with Crippen LogP contribution in [0.15, 0.2) is 42.5 Å². The summed E-state index contributed by atoms with van der Waals surface area (Å²) in [6.45, 7) is 4.20. The van der Waals surface area contributed by atoms with Crippen LogP contribution >= 0.6 is 11.3 Å². The fraction of sp³-hybridized carbons (Fsp3) is 0.296. The molecule has 1 aliphatic carbocycles. The molecule has 6 heteroatoms. The van der Waals surface area contributed by atoms with E-state index in [1.807, 2.05) is 37.3 Å². The molecule has 2 N–H and O–H groups in total. The highest BCUT2D eigenvalue weighted by atomic mass is 32.1. The van der Waals surface area contributed by atoms with Crippen LogP contribution in [-0.4, -0.2) is 17.6 Å². The van der Waals surface area contributed by atoms with Gasteiger partial charge in [0.15, 0.2) is 5.78 Å². The second-order valence-electron chi connectivity index (χ2n) is 9.13. The molecule has 0 spiro atoms. The lowest BCUT2D eigenvalue weighted by atomic mass is 9.86. The van der Waals surface area contributed by atoms with Crippen LogP contribution in [0.1, 0.15) is 67.6 Å². The van der Waals surface area contributed by atoms with Crippen LogP contribution in [0.4, 0.5) is 10.7 Å². The van der Waals surface area contributed by atoms with E-state index in [4.69, 9.17) is 0 Å². The highest BCUT2D eigenvalue weighted by Gasteiger charge is 2.29. The maximum absolute atomic E-state index is 13.6. The number of amides is 2. The fourth-order valence-electron chi connectivity index (χ4n) is 4.70. The van der Waals surface area contributed by atoms with Gasteiger partial charge in [-0.3, -0.25) is 14.4 Å². The highest BCUT2D eigenvalue weighted by Crippen LogP contribution is 2.41. The van der Waals surface area contributed by atoms with Crippen molar-refractivity contribution in [3.05, 3.63) is 80.7 Å². The quantitative estimate of drug-likeness (QED) is 0.504. The molecule has 168 valence electrons. The van der Waals surface area contributed by atoms with Crippen molar-refractivity contribution >= 4 is 39.6 Å². The Labute approximate surface area is 197 Å². The summed E-state index contributed by atoms with van der Waals surface area (Å²) < 4.78 is 0. The minimum absolute atomic E-state index is 0.0360. The van der Waals surface area contributed by atoms with Crippen molar-refractivity contribution in [2.45, 2.75) is 46.0 Å². The molecule has 3 aromatic rings. The smallest absolute Gasteiger partial charge is 0.256 e. The maximum Gasteiger partial charge on any atom is 0.256 e. The first-order valence-electron chi connectivity index (χ1n) is 11.4. The van der Waals surface area contributed by atoms with E-state index >= 15 is 0 Å². The number of nitrogens with one attached hydrogen (secondary N) is 2. The number of carbonyl (C=O) groups excluding carboxylic acids is 3. The molecule has 2 amide bonds. The Morgan fingerprint density at radius 2 is 1.91 bits per heavy atom. The van der Waals surface area contributed by atoms with E-state index in [0.717, 1.165) is 36.0 Å². The van der Waals surface area contributed by atoms with Crippen LogP contribution in [0.2, 0.25) is 0 Å². The van der Waals surface area contributed by atoms with Crippen LogP contribution in [0.5, 0.6) is 0 Å². The Hall–Kier alpha value is -3.25. The van der Waals surface area contributed by atoms with E-state index in [2.05, 4.69) is 17.6 Å². The fourth-order valence-corrected chi connectivity index (χ4v) is 6.10. The average Bonchev–Trinajstić information content (AvgIpc) is 3.14. The third-order valence-electron chi connectivity index (χ3n) is 6.51. The highest BCUT2D eigenvalue weighted by molar-refractivity contribution is 7.17. The predicted molar refractivity (Wildman–Crippen MR) is 131 cm³/mol. The predicted octanol–water partition coefficient (Wildman–Crippen LogP) is 5.55.